The minimum absolute atomic E-state index is 0.00819. The van der Waals surface area contributed by atoms with Gasteiger partial charge >= 0.3 is 12.1 Å². The Labute approximate surface area is 661 Å². The Morgan fingerprint density at radius 3 is 1.51 bits per heavy atom. The lowest BCUT2D eigenvalue weighted by atomic mass is 9.77. The summed E-state index contributed by atoms with van der Waals surface area (Å²) >= 11 is 1.31. The molecular formula is C87H108N10O14S. The molecule has 0 radical (unpaired) electrons. The van der Waals surface area contributed by atoms with E-state index in [9.17, 15) is 24.3 Å². The number of nitrogens with two attached hydrogens (primary N) is 1. The summed E-state index contributed by atoms with van der Waals surface area (Å²) in [4.78, 5) is 148. The summed E-state index contributed by atoms with van der Waals surface area (Å²) in [5.74, 6) is -8.06. The summed E-state index contributed by atoms with van der Waals surface area (Å²) in [7, 11) is 0. The van der Waals surface area contributed by atoms with Crippen molar-refractivity contribution in [3.63, 3.8) is 0 Å². The molecule has 1 aliphatic heterocycles. The van der Waals surface area contributed by atoms with E-state index < -0.39 is 148 Å². The largest absolute Gasteiger partial charge is 0.494 e. The number of nitrogens with one attached hydrogen (secondary N) is 8. The van der Waals surface area contributed by atoms with Crippen molar-refractivity contribution < 1.29 is 67.3 Å². The minimum Gasteiger partial charge on any atom is -0.494 e. The molecule has 0 saturated carbocycles. The summed E-state index contributed by atoms with van der Waals surface area (Å²) in [5.41, 5.74) is 8.37. The van der Waals surface area contributed by atoms with Crippen LogP contribution in [-0.4, -0.2) is 161 Å². The predicted octanol–water partition coefficient (Wildman–Crippen LogP) is 9.35. The quantitative estimate of drug-likeness (QED) is 0.0127. The van der Waals surface area contributed by atoms with E-state index in [-0.39, 0.29) is 50.9 Å². The number of carboxylic acid groups (broad SMARTS) is 1. The summed E-state index contributed by atoms with van der Waals surface area (Å²) in [6.07, 6.45) is -1.81. The standard InChI is InChI=1S/C87H108N10O14S/c1-11-57(3)74(94-76(101)67(88)53-59-47-49-66(50-48-59)109-12-2)80(105)95-75(58(4)110-84(5,6)7)81(106)92-69(54-72(98)96-86(60-33-19-13-20-34-60,61-35-21-14-22-36-61)62-37-23-15-24-38-62)78(103)93-70(56-112-87(63-39-25-16-26-40-63,64-41-27-17-28-42-64)65-43-29-18-30-44-65)82(107)97-52-32-46-71(97)79(104)91-68(77(102)90-55-73(99)100)45-31-51-89-83(108)111-85(8,9)10/h13-30,33-44,47-50,57-58,67-71,74-75H,11-12,31-32,45-46,51-56,88H2,1-10H3,(H,89,108)(H,90,102)(H,91,104)(H,92,106)(H,93,103)(H,94,101)(H,95,105)(H,96,98)(H,99,100)/t57-,58+,67+,68-,69-,70-,71-,74-,75-/m0/s1. The molecular weight excluding hydrogens is 1440 g/mol. The molecule has 9 amide bonds. The number of carbonyl (C=O) groups excluding carboxylic acids is 9. The van der Waals surface area contributed by atoms with Gasteiger partial charge < -0.3 is 72.5 Å². The second-order valence-corrected chi connectivity index (χ2v) is 31.2. The molecule has 1 fully saturated rings. The molecule has 0 spiro atoms. The smallest absolute Gasteiger partial charge is 0.407 e. The Morgan fingerprint density at radius 1 is 0.554 bits per heavy atom. The van der Waals surface area contributed by atoms with Crippen LogP contribution in [0.25, 0.3) is 0 Å². The van der Waals surface area contributed by atoms with Gasteiger partial charge in [-0.15, -0.1) is 11.8 Å². The van der Waals surface area contributed by atoms with Crippen LogP contribution >= 0.6 is 11.8 Å². The summed E-state index contributed by atoms with van der Waals surface area (Å²) < 4.78 is 16.3. The Bertz CT molecular complexity index is 4060. The van der Waals surface area contributed by atoms with Crippen molar-refractivity contribution in [1.82, 2.24) is 47.4 Å². The number of ether oxygens (including phenoxy) is 3. The monoisotopic (exact) mass is 1550 g/mol. The lowest BCUT2D eigenvalue weighted by Crippen LogP contribution is -2.63. The van der Waals surface area contributed by atoms with E-state index >= 15 is 28.8 Å². The average molecular weight is 1550 g/mol. The third kappa shape index (κ3) is 24.1. The molecule has 0 aliphatic carbocycles. The first-order chi connectivity index (χ1) is 53.5. The van der Waals surface area contributed by atoms with Gasteiger partial charge in [-0.3, -0.25) is 43.2 Å². The van der Waals surface area contributed by atoms with Crippen molar-refractivity contribution in [2.45, 2.75) is 184 Å². The van der Waals surface area contributed by atoms with E-state index in [2.05, 4.69) is 42.5 Å². The second-order valence-electron chi connectivity index (χ2n) is 29.9. The summed E-state index contributed by atoms with van der Waals surface area (Å²) in [5, 5.41) is 32.2. The molecule has 7 aromatic rings. The van der Waals surface area contributed by atoms with Gasteiger partial charge in [-0.1, -0.05) is 214 Å². The van der Waals surface area contributed by atoms with Crippen molar-refractivity contribution in [3.05, 3.63) is 245 Å². The highest BCUT2D eigenvalue weighted by atomic mass is 32.2. The Balaban J connectivity index is 1.23. The van der Waals surface area contributed by atoms with Crippen LogP contribution in [0.4, 0.5) is 4.79 Å². The number of alkyl carbamates (subject to hydrolysis) is 1. The maximum Gasteiger partial charge on any atom is 0.407 e. The van der Waals surface area contributed by atoms with Gasteiger partial charge in [0.2, 0.25) is 47.3 Å². The van der Waals surface area contributed by atoms with Crippen molar-refractivity contribution in [2.75, 3.05) is 32.0 Å². The molecule has 25 heteroatoms. The highest BCUT2D eigenvalue weighted by Crippen LogP contribution is 2.49. The van der Waals surface area contributed by atoms with Crippen molar-refractivity contribution >= 4 is 71.1 Å². The van der Waals surface area contributed by atoms with Gasteiger partial charge in [-0.2, -0.15) is 0 Å². The molecule has 0 aromatic heterocycles. The molecule has 1 aliphatic rings. The molecule has 1 saturated heterocycles. The van der Waals surface area contributed by atoms with Crippen LogP contribution < -0.4 is 53.0 Å². The number of carboxylic acids is 1. The molecule has 0 unspecified atom stereocenters. The number of thioether (sulfide) groups is 1. The molecule has 24 nitrogen and oxygen atoms in total. The molecule has 8 rings (SSSR count). The maximum absolute atomic E-state index is 16.4. The zero-order valence-corrected chi connectivity index (χ0v) is 66.3. The van der Waals surface area contributed by atoms with E-state index in [1.54, 1.807) is 79.7 Å². The number of benzene rings is 7. The van der Waals surface area contributed by atoms with E-state index in [1.165, 1.54) is 16.7 Å². The van der Waals surface area contributed by atoms with Gasteiger partial charge in [0.1, 0.15) is 59.7 Å². The Morgan fingerprint density at radius 2 is 1.04 bits per heavy atom. The lowest BCUT2D eigenvalue weighted by Gasteiger charge is -2.38. The number of nitrogens with zero attached hydrogens (tertiary/aromatic N) is 1. The third-order valence-electron chi connectivity index (χ3n) is 19.2. The number of hydrogen-bond donors (Lipinski definition) is 10. The molecule has 11 N–H and O–H groups in total. The zero-order chi connectivity index (χ0) is 81.2. The highest BCUT2D eigenvalue weighted by molar-refractivity contribution is 8.00. The van der Waals surface area contributed by atoms with Gasteiger partial charge in [0, 0.05) is 18.8 Å². The summed E-state index contributed by atoms with van der Waals surface area (Å²) in [6.45, 7) is 17.1. The first kappa shape index (κ1) is 86.7. The predicted molar refractivity (Wildman–Crippen MR) is 431 cm³/mol. The minimum atomic E-state index is -1.89. The van der Waals surface area contributed by atoms with E-state index in [0.717, 1.165) is 22.3 Å². The molecule has 0 bridgehead atoms. The number of likely N-dealkylation sites (tertiary alicyclic amines) is 1. The van der Waals surface area contributed by atoms with E-state index in [0.29, 0.717) is 35.5 Å². The van der Waals surface area contributed by atoms with Crippen LogP contribution in [0.1, 0.15) is 147 Å². The fraction of sp³-hybridized carbons (Fsp3) is 0.402. The van der Waals surface area contributed by atoms with Gasteiger partial charge in [0.05, 0.1) is 35.5 Å². The number of amides is 9. The van der Waals surface area contributed by atoms with Crippen LogP contribution in [-0.2, 0) is 69.3 Å². The number of rotatable bonds is 38. The fourth-order valence-electron chi connectivity index (χ4n) is 13.7. The topological polar surface area (TPSA) is 344 Å². The Hall–Kier alpha value is -10.9. The fourth-order valence-corrected chi connectivity index (χ4v) is 15.3. The molecule has 7 aromatic carbocycles. The number of aliphatic carboxylic acids is 1. The maximum atomic E-state index is 16.4. The lowest BCUT2D eigenvalue weighted by molar-refractivity contribution is -0.143. The van der Waals surface area contributed by atoms with Gasteiger partial charge in [0.25, 0.3) is 0 Å². The van der Waals surface area contributed by atoms with Gasteiger partial charge in [-0.25, -0.2) is 4.79 Å². The average Bonchev–Trinajstić information content (AvgIpc) is 0.849. The summed E-state index contributed by atoms with van der Waals surface area (Å²) in [6, 6.07) is 53.5. The molecule has 9 atom stereocenters. The normalized spacial score (nSPS) is 15.2. The first-order valence-electron chi connectivity index (χ1n) is 38.2. The van der Waals surface area contributed by atoms with Crippen LogP contribution in [0.3, 0.4) is 0 Å². The first-order valence-corrected chi connectivity index (χ1v) is 39.2. The highest BCUT2D eigenvalue weighted by Gasteiger charge is 2.46. The number of hydrogen-bond acceptors (Lipinski definition) is 15. The Kier molecular flexibility index (Phi) is 31.6. The van der Waals surface area contributed by atoms with Crippen LogP contribution in [0, 0.1) is 5.92 Å². The molecule has 112 heavy (non-hydrogen) atoms. The van der Waals surface area contributed by atoms with Crippen LogP contribution in [0.2, 0.25) is 0 Å². The van der Waals surface area contributed by atoms with E-state index in [4.69, 9.17) is 19.9 Å². The second kappa shape index (κ2) is 40.9. The number of carbonyl (C=O) groups is 10. The van der Waals surface area contributed by atoms with Crippen LogP contribution in [0.5, 0.6) is 5.75 Å². The van der Waals surface area contributed by atoms with E-state index in [1.807, 2.05) is 196 Å². The van der Waals surface area contributed by atoms with Gasteiger partial charge in [0.15, 0.2) is 0 Å². The SMILES string of the molecule is CCOc1ccc(C[C@@H](N)C(=O)N[C@H](C(=O)N[C@H](C(=O)N[C@@H](CC(=O)NC(c2ccccc2)(c2ccccc2)c2ccccc2)C(=O)N[C@@H](CSC(c2ccccc2)(c2ccccc2)c2ccccc2)C(=O)N2CCC[C@H]2C(=O)N[C@@H](CCCNC(=O)OC(C)(C)C)C(=O)NCC(=O)O)[C@@H](C)OC(C)(C)C)[C@@H](C)CC)cc1. The molecule has 596 valence electrons. The van der Waals surface area contributed by atoms with Gasteiger partial charge in [-0.05, 0) is 144 Å². The van der Waals surface area contributed by atoms with Crippen molar-refractivity contribution in [3.8, 4) is 5.75 Å². The van der Waals surface area contributed by atoms with Crippen molar-refractivity contribution in [2.24, 2.45) is 11.7 Å². The van der Waals surface area contributed by atoms with Crippen molar-refractivity contribution in [1.29, 1.82) is 0 Å². The van der Waals surface area contributed by atoms with Crippen LogP contribution in [0.15, 0.2) is 206 Å². The molecule has 1 heterocycles. The third-order valence-corrected chi connectivity index (χ3v) is 20.9. The zero-order valence-electron chi connectivity index (χ0n) is 65.5.